The molecule has 2 N–H and O–H groups in total. The molecule has 0 aliphatic heterocycles. The van der Waals surface area contributed by atoms with Gasteiger partial charge in [-0.05, 0) is 46.3 Å². The molecule has 1 aromatic rings. The van der Waals surface area contributed by atoms with Gasteiger partial charge in [0.05, 0.1) is 10.6 Å². The van der Waals surface area contributed by atoms with Crippen molar-refractivity contribution in [2.45, 2.75) is 46.3 Å². The van der Waals surface area contributed by atoms with Crippen molar-refractivity contribution >= 4 is 15.9 Å². The van der Waals surface area contributed by atoms with E-state index in [2.05, 4.69) is 36.7 Å². The Kier molecular flexibility index (Phi) is 5.96. The molecular formula is C15H23BrFNO. The summed E-state index contributed by atoms with van der Waals surface area (Å²) in [4.78, 5) is 0. The van der Waals surface area contributed by atoms with Crippen LogP contribution in [0.2, 0.25) is 0 Å². The molecule has 4 heteroatoms. The molecule has 2 nitrogen and oxygen atoms in total. The second-order valence-corrected chi connectivity index (χ2v) is 6.62. The van der Waals surface area contributed by atoms with Gasteiger partial charge in [-0.1, -0.05) is 32.9 Å². The van der Waals surface area contributed by atoms with Crippen molar-refractivity contribution in [2.75, 3.05) is 6.61 Å². The molecule has 0 bridgehead atoms. The van der Waals surface area contributed by atoms with Crippen LogP contribution in [0.5, 0.6) is 0 Å². The summed E-state index contributed by atoms with van der Waals surface area (Å²) in [5.74, 6) is -0.256. The summed E-state index contributed by atoms with van der Waals surface area (Å²) in [6, 6.07) is 4.86. The first-order valence-corrected chi connectivity index (χ1v) is 7.36. The average molecular weight is 332 g/mol. The van der Waals surface area contributed by atoms with E-state index in [1.165, 1.54) is 6.07 Å². The molecule has 0 aliphatic rings. The van der Waals surface area contributed by atoms with Gasteiger partial charge in [0, 0.05) is 12.6 Å². The predicted octanol–water partition coefficient (Wildman–Crippen LogP) is 3.91. The van der Waals surface area contributed by atoms with Gasteiger partial charge >= 0.3 is 0 Å². The highest BCUT2D eigenvalue weighted by molar-refractivity contribution is 9.10. The second-order valence-electron chi connectivity index (χ2n) is 5.82. The van der Waals surface area contributed by atoms with Crippen LogP contribution in [0.25, 0.3) is 0 Å². The first-order valence-electron chi connectivity index (χ1n) is 6.57. The van der Waals surface area contributed by atoms with Crippen LogP contribution in [0.4, 0.5) is 4.39 Å². The average Bonchev–Trinajstić information content (AvgIpc) is 2.30. The van der Waals surface area contributed by atoms with Crippen molar-refractivity contribution in [1.82, 2.24) is 0 Å². The molecule has 0 radical (unpaired) electrons. The summed E-state index contributed by atoms with van der Waals surface area (Å²) in [7, 11) is 0. The maximum atomic E-state index is 13.5. The molecule has 2 unspecified atom stereocenters. The van der Waals surface area contributed by atoms with E-state index in [0.29, 0.717) is 17.5 Å². The highest BCUT2D eigenvalue weighted by atomic mass is 79.9. The Balaban J connectivity index is 2.87. The summed E-state index contributed by atoms with van der Waals surface area (Å²) in [6.07, 6.45) is 0.521. The van der Waals surface area contributed by atoms with Crippen LogP contribution in [0, 0.1) is 11.2 Å². The predicted molar refractivity (Wildman–Crippen MR) is 80.6 cm³/mol. The molecule has 1 aromatic carbocycles. The summed E-state index contributed by atoms with van der Waals surface area (Å²) in [5.41, 5.74) is 7.10. The number of benzene rings is 1. The van der Waals surface area contributed by atoms with Crippen molar-refractivity contribution in [2.24, 2.45) is 11.1 Å². The van der Waals surface area contributed by atoms with Gasteiger partial charge < -0.3 is 10.5 Å². The van der Waals surface area contributed by atoms with Crippen LogP contribution in [-0.2, 0) is 11.2 Å². The van der Waals surface area contributed by atoms with E-state index in [1.54, 1.807) is 6.07 Å². The minimum absolute atomic E-state index is 0.0464. The molecule has 19 heavy (non-hydrogen) atoms. The fourth-order valence-electron chi connectivity index (χ4n) is 2.26. The molecule has 0 saturated carbocycles. The third-order valence-corrected chi connectivity index (χ3v) is 3.96. The van der Waals surface area contributed by atoms with E-state index in [9.17, 15) is 4.39 Å². The molecular weight excluding hydrogens is 309 g/mol. The minimum Gasteiger partial charge on any atom is -0.376 e. The van der Waals surface area contributed by atoms with Crippen LogP contribution < -0.4 is 5.73 Å². The highest BCUT2D eigenvalue weighted by Gasteiger charge is 2.31. The third kappa shape index (κ3) is 4.55. The fraction of sp³-hybridized carbons (Fsp3) is 0.600. The van der Waals surface area contributed by atoms with Gasteiger partial charge in [-0.2, -0.15) is 0 Å². The molecule has 2 atom stereocenters. The fourth-order valence-corrected chi connectivity index (χ4v) is 2.69. The number of nitrogens with two attached hydrogens (primary N) is 1. The van der Waals surface area contributed by atoms with E-state index >= 15 is 0 Å². The largest absolute Gasteiger partial charge is 0.376 e. The van der Waals surface area contributed by atoms with Crippen LogP contribution in [0.1, 0.15) is 33.3 Å². The first kappa shape index (κ1) is 16.6. The maximum Gasteiger partial charge on any atom is 0.137 e. The van der Waals surface area contributed by atoms with Gasteiger partial charge in [-0.25, -0.2) is 4.39 Å². The van der Waals surface area contributed by atoms with Crippen molar-refractivity contribution < 1.29 is 9.13 Å². The summed E-state index contributed by atoms with van der Waals surface area (Å²) in [5, 5.41) is 0. The number of ether oxygens (including phenoxy) is 1. The van der Waals surface area contributed by atoms with Gasteiger partial charge in [-0.15, -0.1) is 0 Å². The van der Waals surface area contributed by atoms with Gasteiger partial charge in [0.1, 0.15) is 5.82 Å². The number of hydrogen-bond donors (Lipinski definition) is 1. The van der Waals surface area contributed by atoms with Crippen LogP contribution in [0.15, 0.2) is 22.7 Å². The zero-order chi connectivity index (χ0) is 14.6. The van der Waals surface area contributed by atoms with Crippen molar-refractivity contribution in [1.29, 1.82) is 0 Å². The van der Waals surface area contributed by atoms with Gasteiger partial charge in [0.25, 0.3) is 0 Å². The Hall–Kier alpha value is -0.450. The SMILES string of the molecule is CCOC(C(N)Cc1cccc(F)c1Br)C(C)(C)C. The molecule has 0 amide bonds. The summed E-state index contributed by atoms with van der Waals surface area (Å²) >= 11 is 3.28. The van der Waals surface area contributed by atoms with E-state index in [-0.39, 0.29) is 23.4 Å². The van der Waals surface area contributed by atoms with Crippen molar-refractivity contribution in [3.63, 3.8) is 0 Å². The molecule has 0 heterocycles. The Morgan fingerprint density at radius 1 is 1.37 bits per heavy atom. The van der Waals surface area contributed by atoms with Crippen molar-refractivity contribution in [3.05, 3.63) is 34.1 Å². The number of rotatable bonds is 5. The molecule has 1 rings (SSSR count). The molecule has 0 spiro atoms. The highest BCUT2D eigenvalue weighted by Crippen LogP contribution is 2.28. The monoisotopic (exact) mass is 331 g/mol. The van der Waals surface area contributed by atoms with Crippen LogP contribution in [-0.4, -0.2) is 18.8 Å². The Labute approximate surface area is 123 Å². The molecule has 108 valence electrons. The van der Waals surface area contributed by atoms with E-state index < -0.39 is 0 Å². The second kappa shape index (κ2) is 6.82. The van der Waals surface area contributed by atoms with Crippen molar-refractivity contribution in [3.8, 4) is 0 Å². The summed E-state index contributed by atoms with van der Waals surface area (Å²) < 4.78 is 19.8. The van der Waals surface area contributed by atoms with Crippen LogP contribution >= 0.6 is 15.9 Å². The lowest BCUT2D eigenvalue weighted by atomic mass is 9.82. The van der Waals surface area contributed by atoms with E-state index in [0.717, 1.165) is 5.56 Å². The minimum atomic E-state index is -0.256. The lowest BCUT2D eigenvalue weighted by molar-refractivity contribution is -0.0274. The lowest BCUT2D eigenvalue weighted by Gasteiger charge is -2.35. The van der Waals surface area contributed by atoms with Gasteiger partial charge in [-0.3, -0.25) is 0 Å². The third-order valence-electron chi connectivity index (χ3n) is 3.08. The van der Waals surface area contributed by atoms with E-state index in [1.807, 2.05) is 13.0 Å². The quantitative estimate of drug-likeness (QED) is 0.887. The zero-order valence-electron chi connectivity index (χ0n) is 12.0. The maximum absolute atomic E-state index is 13.5. The molecule has 0 aromatic heterocycles. The molecule has 0 fully saturated rings. The smallest absolute Gasteiger partial charge is 0.137 e. The first-order chi connectivity index (χ1) is 8.77. The Morgan fingerprint density at radius 2 is 2.00 bits per heavy atom. The number of hydrogen-bond acceptors (Lipinski definition) is 2. The molecule has 0 saturated heterocycles. The number of halogens is 2. The zero-order valence-corrected chi connectivity index (χ0v) is 13.6. The topological polar surface area (TPSA) is 35.2 Å². The van der Waals surface area contributed by atoms with Gasteiger partial charge in [0.2, 0.25) is 0 Å². The van der Waals surface area contributed by atoms with Gasteiger partial charge in [0.15, 0.2) is 0 Å². The Morgan fingerprint density at radius 3 is 2.53 bits per heavy atom. The lowest BCUT2D eigenvalue weighted by Crippen LogP contribution is -2.46. The Bertz CT molecular complexity index is 417. The normalized spacial score (nSPS) is 15.3. The summed E-state index contributed by atoms with van der Waals surface area (Å²) in [6.45, 7) is 8.90. The van der Waals surface area contributed by atoms with E-state index in [4.69, 9.17) is 10.5 Å². The molecule has 0 aliphatic carbocycles. The standard InChI is InChI=1S/C15H23BrFNO/c1-5-19-14(15(2,3)4)12(18)9-10-7-6-8-11(17)13(10)16/h6-8,12,14H,5,9,18H2,1-4H3. The van der Waals surface area contributed by atoms with Crippen LogP contribution in [0.3, 0.4) is 0 Å².